The predicted octanol–water partition coefficient (Wildman–Crippen LogP) is -0.418. The molecule has 0 unspecified atom stereocenters. The minimum absolute atomic E-state index is 0.0144. The van der Waals surface area contributed by atoms with Crippen LogP contribution in [-0.4, -0.2) is 84.4 Å². The van der Waals surface area contributed by atoms with E-state index in [4.69, 9.17) is 17.2 Å². The van der Waals surface area contributed by atoms with Gasteiger partial charge in [0, 0.05) is 19.4 Å². The molecule has 15 heteroatoms. The predicted molar refractivity (Wildman–Crippen MR) is 193 cm³/mol. The second-order valence-electron chi connectivity index (χ2n) is 12.5. The number of fused-ring (bicyclic) bond motifs is 1. The van der Waals surface area contributed by atoms with Crippen LogP contribution in [0.4, 0.5) is 0 Å². The van der Waals surface area contributed by atoms with Gasteiger partial charge in [0.25, 0.3) is 0 Å². The highest BCUT2D eigenvalue weighted by Gasteiger charge is 2.32. The molecule has 1 aliphatic heterocycles. The summed E-state index contributed by atoms with van der Waals surface area (Å²) in [6, 6.07) is 15.1. The number of nitrogens with zero attached hydrogens (tertiary/aromatic N) is 1. The van der Waals surface area contributed by atoms with Crippen LogP contribution < -0.4 is 43.8 Å². The molecule has 12 N–H and O–H groups in total. The fraction of sp³-hybridized carbons (Fsp3) is 0.389. The van der Waals surface area contributed by atoms with Crippen molar-refractivity contribution < 1.29 is 29.1 Å². The van der Waals surface area contributed by atoms with Gasteiger partial charge in [-0.3, -0.25) is 29.0 Å². The second-order valence-corrected chi connectivity index (χ2v) is 12.5. The SMILES string of the molecule is NCCCC[C@@H]1NC(=O)[C@H](CCCN=C(N)N)NC(=O)[C@@H](Cc2ccc(O)cc2)NC(=O)CNC(=O)[C@H](Cc2ccc3ccccc3c2)NC1=O. The lowest BCUT2D eigenvalue weighted by Crippen LogP contribution is -2.58. The number of carbonyl (C=O) groups excluding carboxylic acids is 5. The van der Waals surface area contributed by atoms with E-state index in [-0.39, 0.29) is 43.9 Å². The summed E-state index contributed by atoms with van der Waals surface area (Å²) in [7, 11) is 0. The van der Waals surface area contributed by atoms with Crippen LogP contribution in [0.15, 0.2) is 71.7 Å². The van der Waals surface area contributed by atoms with Gasteiger partial charge in [0.15, 0.2) is 5.96 Å². The Labute approximate surface area is 296 Å². The Bertz CT molecular complexity index is 1710. The number of aliphatic imine (C=N–C) groups is 1. The van der Waals surface area contributed by atoms with Crippen molar-refractivity contribution in [3.8, 4) is 5.75 Å². The van der Waals surface area contributed by atoms with Crippen molar-refractivity contribution in [2.45, 2.75) is 69.1 Å². The molecule has 15 nitrogen and oxygen atoms in total. The lowest BCUT2D eigenvalue weighted by Gasteiger charge is -2.26. The summed E-state index contributed by atoms with van der Waals surface area (Å²) in [5.41, 5.74) is 18.0. The van der Waals surface area contributed by atoms with Crippen LogP contribution >= 0.6 is 0 Å². The standard InChI is InChI=1S/C36H47N9O6/c37-16-4-3-8-27-34(50)45-29(20-23-10-13-24-6-1-2-7-25(24)18-23)32(48)41-21-31(47)42-30(19-22-11-14-26(46)15-12-22)35(51)44-28(33(49)43-27)9-5-17-40-36(38)39/h1-2,6-7,10-15,18,27-30,46H,3-5,8-9,16-17,19-21,37H2,(H,41,48)(H,42,47)(H,43,49)(H,44,51)(H,45,50)(H4,38,39,40)/t27-,28-,29-,30+/m0/s1. The molecule has 3 aromatic carbocycles. The number of nitrogens with two attached hydrogens (primary N) is 3. The average Bonchev–Trinajstić information content (AvgIpc) is 3.11. The highest BCUT2D eigenvalue weighted by atomic mass is 16.3. The molecule has 0 aliphatic carbocycles. The van der Waals surface area contributed by atoms with Crippen LogP contribution in [0.1, 0.15) is 43.2 Å². The number of benzene rings is 3. The smallest absolute Gasteiger partial charge is 0.243 e. The van der Waals surface area contributed by atoms with Gasteiger partial charge in [0.2, 0.25) is 29.5 Å². The maximum Gasteiger partial charge on any atom is 0.243 e. The highest BCUT2D eigenvalue weighted by Crippen LogP contribution is 2.17. The Kier molecular flexibility index (Phi) is 14.1. The first kappa shape index (κ1) is 38.1. The van der Waals surface area contributed by atoms with E-state index in [2.05, 4.69) is 31.6 Å². The maximum absolute atomic E-state index is 13.8. The van der Waals surface area contributed by atoms with Crippen LogP contribution in [0.5, 0.6) is 5.75 Å². The van der Waals surface area contributed by atoms with Crippen LogP contribution in [-0.2, 0) is 36.8 Å². The molecule has 51 heavy (non-hydrogen) atoms. The molecular formula is C36H47N9O6. The molecule has 0 saturated carbocycles. The van der Waals surface area contributed by atoms with Crippen molar-refractivity contribution in [2.75, 3.05) is 19.6 Å². The molecule has 1 saturated heterocycles. The van der Waals surface area contributed by atoms with Gasteiger partial charge in [0.05, 0.1) is 6.54 Å². The maximum atomic E-state index is 13.8. The number of guanidine groups is 1. The number of carbonyl (C=O) groups is 5. The minimum atomic E-state index is -1.16. The molecule has 3 aromatic rings. The fourth-order valence-electron chi connectivity index (χ4n) is 5.77. The van der Waals surface area contributed by atoms with E-state index in [1.807, 2.05) is 42.5 Å². The molecule has 0 aromatic heterocycles. The number of hydrogen-bond donors (Lipinski definition) is 9. The van der Waals surface area contributed by atoms with E-state index < -0.39 is 60.2 Å². The van der Waals surface area contributed by atoms with Gasteiger partial charge in [-0.2, -0.15) is 0 Å². The van der Waals surface area contributed by atoms with Crippen molar-refractivity contribution in [3.05, 3.63) is 77.9 Å². The topological polar surface area (TPSA) is 256 Å². The second kappa shape index (κ2) is 18.9. The Hall–Kier alpha value is -5.70. The van der Waals surface area contributed by atoms with E-state index >= 15 is 0 Å². The van der Waals surface area contributed by atoms with E-state index in [9.17, 15) is 29.1 Å². The van der Waals surface area contributed by atoms with E-state index in [0.29, 0.717) is 31.4 Å². The molecule has 0 spiro atoms. The van der Waals surface area contributed by atoms with Gasteiger partial charge in [0.1, 0.15) is 29.9 Å². The van der Waals surface area contributed by atoms with Crippen LogP contribution in [0, 0.1) is 0 Å². The lowest BCUT2D eigenvalue weighted by molar-refractivity contribution is -0.134. The van der Waals surface area contributed by atoms with Gasteiger partial charge in [-0.15, -0.1) is 0 Å². The number of rotatable bonds is 12. The third kappa shape index (κ3) is 12.0. The molecule has 0 radical (unpaired) electrons. The average molecular weight is 702 g/mol. The fourth-order valence-corrected chi connectivity index (χ4v) is 5.77. The molecule has 4 rings (SSSR count). The third-order valence-corrected chi connectivity index (χ3v) is 8.50. The summed E-state index contributed by atoms with van der Waals surface area (Å²) in [5.74, 6) is -3.29. The first-order chi connectivity index (χ1) is 24.5. The number of phenols is 1. The van der Waals surface area contributed by atoms with Gasteiger partial charge in [-0.05, 0) is 72.7 Å². The number of nitrogens with one attached hydrogen (secondary N) is 5. The molecule has 1 heterocycles. The van der Waals surface area contributed by atoms with E-state index in [1.165, 1.54) is 12.1 Å². The van der Waals surface area contributed by atoms with Crippen molar-refractivity contribution in [2.24, 2.45) is 22.2 Å². The quantitative estimate of drug-likeness (QED) is 0.0674. The summed E-state index contributed by atoms with van der Waals surface area (Å²) in [5, 5.41) is 25.3. The van der Waals surface area contributed by atoms with Gasteiger partial charge >= 0.3 is 0 Å². The largest absolute Gasteiger partial charge is 0.508 e. The van der Waals surface area contributed by atoms with Gasteiger partial charge < -0.3 is 48.9 Å². The van der Waals surface area contributed by atoms with Crippen molar-refractivity contribution >= 4 is 46.3 Å². The van der Waals surface area contributed by atoms with Crippen molar-refractivity contribution in [1.29, 1.82) is 0 Å². The molecule has 1 aliphatic rings. The molecular weight excluding hydrogens is 654 g/mol. The normalized spacial score (nSPS) is 20.5. The highest BCUT2D eigenvalue weighted by molar-refractivity contribution is 5.97. The monoisotopic (exact) mass is 701 g/mol. The summed E-state index contributed by atoms with van der Waals surface area (Å²) in [6.45, 7) is 0.0733. The van der Waals surface area contributed by atoms with Crippen molar-refractivity contribution in [3.63, 3.8) is 0 Å². The number of unbranched alkanes of at least 4 members (excludes halogenated alkanes) is 1. The number of aromatic hydroxyl groups is 1. The van der Waals surface area contributed by atoms with E-state index in [0.717, 1.165) is 16.3 Å². The Morgan fingerprint density at radius 3 is 1.90 bits per heavy atom. The molecule has 4 atom stereocenters. The molecule has 1 fully saturated rings. The zero-order valence-electron chi connectivity index (χ0n) is 28.4. The Balaban J connectivity index is 1.66. The molecule has 0 bridgehead atoms. The summed E-state index contributed by atoms with van der Waals surface area (Å²) < 4.78 is 0. The van der Waals surface area contributed by atoms with E-state index in [1.54, 1.807) is 12.1 Å². The van der Waals surface area contributed by atoms with Crippen LogP contribution in [0.3, 0.4) is 0 Å². The number of hydrogen-bond acceptors (Lipinski definition) is 8. The minimum Gasteiger partial charge on any atom is -0.508 e. The Morgan fingerprint density at radius 2 is 1.24 bits per heavy atom. The van der Waals surface area contributed by atoms with Crippen LogP contribution in [0.2, 0.25) is 0 Å². The number of phenolic OH excluding ortho intramolecular Hbond substituents is 1. The first-order valence-corrected chi connectivity index (χ1v) is 17.0. The summed E-state index contributed by atoms with van der Waals surface area (Å²) in [4.78, 5) is 72.2. The Morgan fingerprint density at radius 1 is 0.667 bits per heavy atom. The van der Waals surface area contributed by atoms with Crippen molar-refractivity contribution in [1.82, 2.24) is 26.6 Å². The lowest BCUT2D eigenvalue weighted by atomic mass is 10.00. The molecule has 272 valence electrons. The molecule has 5 amide bonds. The zero-order valence-corrected chi connectivity index (χ0v) is 28.4. The number of amides is 5. The third-order valence-electron chi connectivity index (χ3n) is 8.50. The summed E-state index contributed by atoms with van der Waals surface area (Å²) >= 11 is 0. The zero-order chi connectivity index (χ0) is 36.8. The van der Waals surface area contributed by atoms with Gasteiger partial charge in [-0.1, -0.05) is 54.6 Å². The first-order valence-electron chi connectivity index (χ1n) is 17.0. The summed E-state index contributed by atoms with van der Waals surface area (Å²) in [6.07, 6.45) is 1.84. The van der Waals surface area contributed by atoms with Crippen LogP contribution in [0.25, 0.3) is 10.8 Å². The van der Waals surface area contributed by atoms with Gasteiger partial charge in [-0.25, -0.2) is 0 Å².